The van der Waals surface area contributed by atoms with Gasteiger partial charge in [0.2, 0.25) is 10.0 Å². The van der Waals surface area contributed by atoms with E-state index in [1.807, 2.05) is 6.92 Å². The second-order valence-corrected chi connectivity index (χ2v) is 5.92. The monoisotopic (exact) mass is 310 g/mol. The minimum Gasteiger partial charge on any atom is -0.465 e. The van der Waals surface area contributed by atoms with E-state index in [1.54, 1.807) is 25.1 Å². The zero-order valence-electron chi connectivity index (χ0n) is 12.0. The van der Waals surface area contributed by atoms with Gasteiger partial charge in [0, 0.05) is 11.3 Å². The first-order chi connectivity index (χ1) is 9.88. The van der Waals surface area contributed by atoms with Crippen molar-refractivity contribution in [2.45, 2.75) is 13.8 Å². The summed E-state index contributed by atoms with van der Waals surface area (Å²) < 4.78 is 30.5. The third-order valence-corrected chi connectivity index (χ3v) is 3.60. The van der Waals surface area contributed by atoms with Crippen LogP contribution in [0.4, 0.5) is 5.69 Å². The Kier molecular flexibility index (Phi) is 6.21. The van der Waals surface area contributed by atoms with Crippen LogP contribution in [-0.2, 0) is 19.6 Å². The highest BCUT2D eigenvalue weighted by molar-refractivity contribution is 7.93. The maximum absolute atomic E-state index is 11.8. The first-order valence-electron chi connectivity index (χ1n) is 6.33. The number of benzene rings is 1. The van der Waals surface area contributed by atoms with Crippen molar-refractivity contribution < 1.29 is 17.9 Å². The maximum atomic E-state index is 11.8. The fourth-order valence-corrected chi connectivity index (χ4v) is 2.54. The lowest BCUT2D eigenvalue weighted by molar-refractivity contribution is -0.139. The predicted octanol–water partition coefficient (Wildman–Crippen LogP) is 0.610. The van der Waals surface area contributed by atoms with Crippen molar-refractivity contribution in [2.75, 3.05) is 23.6 Å². The van der Waals surface area contributed by atoms with E-state index in [0.29, 0.717) is 5.69 Å². The number of nitrogens with two attached hydrogens (primary N) is 1. The normalized spacial score (nSPS) is 10.4. The fraction of sp³-hybridized carbons (Fsp3) is 0.357. The van der Waals surface area contributed by atoms with Crippen LogP contribution in [0, 0.1) is 18.8 Å². The topological polar surface area (TPSA) is 98.5 Å². The molecule has 1 aromatic rings. The Morgan fingerprint density at radius 1 is 1.43 bits per heavy atom. The Morgan fingerprint density at radius 3 is 2.71 bits per heavy atom. The standard InChI is InChI=1S/C14H18N2O4S/c1-3-20-14(17)10-21(18,19)16-13-7-6-12(5-4-8-15)11(2)9-13/h6-7,9,16H,3,8,10,15H2,1-2H3. The number of rotatable bonds is 5. The minimum absolute atomic E-state index is 0.141. The molecule has 0 fully saturated rings. The Hall–Kier alpha value is -2.04. The van der Waals surface area contributed by atoms with Crippen molar-refractivity contribution in [3.05, 3.63) is 29.3 Å². The molecule has 0 amide bonds. The van der Waals surface area contributed by atoms with Gasteiger partial charge in [0.25, 0.3) is 0 Å². The maximum Gasteiger partial charge on any atom is 0.323 e. The molecule has 1 aromatic carbocycles. The lowest BCUT2D eigenvalue weighted by Gasteiger charge is -2.09. The molecule has 0 saturated heterocycles. The SMILES string of the molecule is CCOC(=O)CS(=O)(=O)Nc1ccc(C#CCN)c(C)c1. The third-order valence-electron chi connectivity index (χ3n) is 2.44. The molecule has 0 aliphatic heterocycles. The van der Waals surface area contributed by atoms with Crippen LogP contribution in [0.3, 0.4) is 0 Å². The van der Waals surface area contributed by atoms with Gasteiger partial charge in [-0.15, -0.1) is 0 Å². The number of esters is 1. The van der Waals surface area contributed by atoms with Crippen LogP contribution in [0.5, 0.6) is 0 Å². The van der Waals surface area contributed by atoms with Gasteiger partial charge in [0.15, 0.2) is 5.75 Å². The summed E-state index contributed by atoms with van der Waals surface area (Å²) in [7, 11) is -3.78. The summed E-state index contributed by atoms with van der Waals surface area (Å²) in [6, 6.07) is 4.92. The van der Waals surface area contributed by atoms with Crippen molar-refractivity contribution in [2.24, 2.45) is 5.73 Å². The van der Waals surface area contributed by atoms with Gasteiger partial charge in [0.1, 0.15) is 0 Å². The summed E-state index contributed by atoms with van der Waals surface area (Å²) in [6.45, 7) is 3.82. The number of nitrogens with one attached hydrogen (secondary N) is 1. The van der Waals surface area contributed by atoms with Crippen LogP contribution in [-0.4, -0.2) is 33.3 Å². The average molecular weight is 310 g/mol. The number of carbonyl (C=O) groups excluding carboxylic acids is 1. The van der Waals surface area contributed by atoms with Crippen LogP contribution in [0.15, 0.2) is 18.2 Å². The molecular formula is C14H18N2O4S. The summed E-state index contributed by atoms with van der Waals surface area (Å²) in [5.41, 5.74) is 7.26. The van der Waals surface area contributed by atoms with E-state index in [9.17, 15) is 13.2 Å². The molecule has 0 heterocycles. The smallest absolute Gasteiger partial charge is 0.323 e. The molecular weight excluding hydrogens is 292 g/mol. The van der Waals surface area contributed by atoms with E-state index >= 15 is 0 Å². The summed E-state index contributed by atoms with van der Waals surface area (Å²) in [4.78, 5) is 11.2. The highest BCUT2D eigenvalue weighted by Crippen LogP contribution is 2.15. The van der Waals surface area contributed by atoms with Crippen LogP contribution in [0.25, 0.3) is 0 Å². The van der Waals surface area contributed by atoms with Gasteiger partial charge >= 0.3 is 5.97 Å². The number of hydrogen-bond donors (Lipinski definition) is 2. The van der Waals surface area contributed by atoms with E-state index in [-0.39, 0.29) is 13.2 Å². The lowest BCUT2D eigenvalue weighted by Crippen LogP contribution is -2.24. The number of aryl methyl sites for hydroxylation is 1. The van der Waals surface area contributed by atoms with Crippen molar-refractivity contribution >= 4 is 21.7 Å². The van der Waals surface area contributed by atoms with E-state index in [2.05, 4.69) is 21.3 Å². The molecule has 0 aromatic heterocycles. The summed E-state index contributed by atoms with van der Waals surface area (Å²) in [5, 5.41) is 0. The average Bonchev–Trinajstić information content (AvgIpc) is 2.36. The Labute approximate surface area is 124 Å². The summed E-state index contributed by atoms with van der Waals surface area (Å²) in [5.74, 6) is 4.12. The molecule has 1 rings (SSSR count). The van der Waals surface area contributed by atoms with E-state index in [1.165, 1.54) is 0 Å². The third kappa shape index (κ3) is 5.85. The van der Waals surface area contributed by atoms with E-state index < -0.39 is 21.7 Å². The molecule has 6 nitrogen and oxygen atoms in total. The number of hydrogen-bond acceptors (Lipinski definition) is 5. The number of ether oxygens (including phenoxy) is 1. The Morgan fingerprint density at radius 2 is 2.14 bits per heavy atom. The van der Waals surface area contributed by atoms with Crippen LogP contribution in [0.1, 0.15) is 18.1 Å². The molecule has 0 aliphatic rings. The molecule has 7 heteroatoms. The molecule has 0 spiro atoms. The molecule has 0 unspecified atom stereocenters. The van der Waals surface area contributed by atoms with Crippen LogP contribution < -0.4 is 10.5 Å². The minimum atomic E-state index is -3.78. The molecule has 3 N–H and O–H groups in total. The van der Waals surface area contributed by atoms with Gasteiger partial charge in [-0.1, -0.05) is 11.8 Å². The Bertz CT molecular complexity index is 672. The van der Waals surface area contributed by atoms with Crippen molar-refractivity contribution in [3.63, 3.8) is 0 Å². The van der Waals surface area contributed by atoms with Gasteiger partial charge in [0.05, 0.1) is 13.2 Å². The summed E-state index contributed by atoms with van der Waals surface area (Å²) in [6.07, 6.45) is 0. The molecule has 21 heavy (non-hydrogen) atoms. The highest BCUT2D eigenvalue weighted by Gasteiger charge is 2.17. The second-order valence-electron chi connectivity index (χ2n) is 4.20. The molecule has 114 valence electrons. The van der Waals surface area contributed by atoms with E-state index in [4.69, 9.17) is 5.73 Å². The zero-order valence-corrected chi connectivity index (χ0v) is 12.8. The number of carbonyl (C=O) groups is 1. The fourth-order valence-electron chi connectivity index (χ4n) is 1.59. The zero-order chi connectivity index (χ0) is 15.9. The first-order valence-corrected chi connectivity index (χ1v) is 7.99. The Balaban J connectivity index is 2.84. The second kappa shape index (κ2) is 7.67. The number of anilines is 1. The van der Waals surface area contributed by atoms with Crippen LogP contribution >= 0.6 is 0 Å². The summed E-state index contributed by atoms with van der Waals surface area (Å²) >= 11 is 0. The lowest BCUT2D eigenvalue weighted by atomic mass is 10.1. The molecule has 0 saturated carbocycles. The predicted molar refractivity (Wildman–Crippen MR) is 81.2 cm³/mol. The first kappa shape index (κ1) is 17.0. The molecule has 0 bridgehead atoms. The number of sulfonamides is 1. The van der Waals surface area contributed by atoms with Crippen molar-refractivity contribution in [3.8, 4) is 11.8 Å². The van der Waals surface area contributed by atoms with Gasteiger partial charge in [-0.3, -0.25) is 9.52 Å². The van der Waals surface area contributed by atoms with Gasteiger partial charge in [-0.2, -0.15) is 0 Å². The highest BCUT2D eigenvalue weighted by atomic mass is 32.2. The largest absolute Gasteiger partial charge is 0.465 e. The molecule has 0 aliphatic carbocycles. The van der Waals surface area contributed by atoms with Crippen LogP contribution in [0.2, 0.25) is 0 Å². The van der Waals surface area contributed by atoms with Gasteiger partial charge < -0.3 is 10.5 Å². The van der Waals surface area contributed by atoms with Gasteiger partial charge in [-0.05, 0) is 37.6 Å². The van der Waals surface area contributed by atoms with Gasteiger partial charge in [-0.25, -0.2) is 8.42 Å². The van der Waals surface area contributed by atoms with Crippen molar-refractivity contribution in [1.82, 2.24) is 0 Å². The van der Waals surface area contributed by atoms with E-state index in [0.717, 1.165) is 11.1 Å². The molecule has 0 atom stereocenters. The quantitative estimate of drug-likeness (QED) is 0.613. The van der Waals surface area contributed by atoms with Crippen molar-refractivity contribution in [1.29, 1.82) is 0 Å². The molecule has 0 radical (unpaired) electrons.